The van der Waals surface area contributed by atoms with Crippen molar-refractivity contribution in [3.63, 3.8) is 0 Å². The van der Waals surface area contributed by atoms with Crippen LogP contribution in [-0.2, 0) is 11.2 Å². The summed E-state index contributed by atoms with van der Waals surface area (Å²) in [6.45, 7) is 8.06. The van der Waals surface area contributed by atoms with Crippen LogP contribution in [0.2, 0.25) is 0 Å². The second kappa shape index (κ2) is 9.60. The van der Waals surface area contributed by atoms with Crippen LogP contribution in [0.4, 0.5) is 11.4 Å². The minimum absolute atomic E-state index is 0.143. The third kappa shape index (κ3) is 4.90. The Morgan fingerprint density at radius 2 is 1.93 bits per heavy atom. The summed E-state index contributed by atoms with van der Waals surface area (Å²) in [7, 11) is 0. The molecule has 30 heavy (non-hydrogen) atoms. The van der Waals surface area contributed by atoms with E-state index in [-0.39, 0.29) is 11.9 Å². The Kier molecular flexibility index (Phi) is 6.91. The van der Waals surface area contributed by atoms with Crippen LogP contribution in [0.5, 0.6) is 0 Å². The fourth-order valence-electron chi connectivity index (χ4n) is 4.07. The van der Waals surface area contributed by atoms with Crippen molar-refractivity contribution >= 4 is 22.9 Å². The molecular weight excluding hydrogens is 372 g/mol. The molecule has 0 fully saturated rings. The highest BCUT2D eigenvalue weighted by atomic mass is 16.2. The molecule has 0 spiro atoms. The highest BCUT2D eigenvalue weighted by molar-refractivity contribution is 5.94. The van der Waals surface area contributed by atoms with Gasteiger partial charge in [-0.15, -0.1) is 0 Å². The van der Waals surface area contributed by atoms with Crippen LogP contribution in [-0.4, -0.2) is 25.0 Å². The number of hydrogen-bond donors (Lipinski definition) is 2. The Bertz CT molecular complexity index is 972. The quantitative estimate of drug-likeness (QED) is 0.703. The van der Waals surface area contributed by atoms with Crippen molar-refractivity contribution in [3.05, 3.63) is 65.2 Å². The second-order valence-corrected chi connectivity index (χ2v) is 8.07. The van der Waals surface area contributed by atoms with Crippen molar-refractivity contribution in [1.82, 2.24) is 5.32 Å². The van der Waals surface area contributed by atoms with Gasteiger partial charge in [0.15, 0.2) is 0 Å². The number of nitriles is 1. The molecule has 0 saturated heterocycles. The van der Waals surface area contributed by atoms with Gasteiger partial charge in [-0.2, -0.15) is 5.26 Å². The molecule has 2 atom stereocenters. The molecule has 3 N–H and O–H groups in total. The van der Waals surface area contributed by atoms with Gasteiger partial charge in [-0.1, -0.05) is 19.1 Å². The first-order chi connectivity index (χ1) is 14.4. The zero-order chi connectivity index (χ0) is 21.7. The summed E-state index contributed by atoms with van der Waals surface area (Å²) >= 11 is 0. The molecule has 0 aliphatic carbocycles. The van der Waals surface area contributed by atoms with Crippen LogP contribution in [0.1, 0.15) is 43.9 Å². The molecule has 2 heterocycles. The number of hydrogen-bond acceptors (Lipinski definition) is 4. The topological polar surface area (TPSA) is 82.2 Å². The summed E-state index contributed by atoms with van der Waals surface area (Å²) in [5.41, 5.74) is 11.9. The Hall–Kier alpha value is -3.10. The first-order valence-corrected chi connectivity index (χ1v) is 10.5. The first kappa shape index (κ1) is 21.6. The molecule has 0 radical (unpaired) electrons. The predicted molar refractivity (Wildman–Crippen MR) is 123 cm³/mol. The third-order valence-electron chi connectivity index (χ3n) is 5.93. The summed E-state index contributed by atoms with van der Waals surface area (Å²) in [6.07, 6.45) is 4.42. The SMILES string of the molecule is CC(=O)N1c2ccc(C3=CCNCC3)cc2C[C@@H](C)[C@@H]1C.N#Cc1ccc(N)cc1. The Morgan fingerprint density at radius 3 is 2.53 bits per heavy atom. The molecule has 5 nitrogen and oxygen atoms in total. The van der Waals surface area contributed by atoms with Crippen molar-refractivity contribution in [3.8, 4) is 6.07 Å². The molecule has 2 aliphatic rings. The van der Waals surface area contributed by atoms with E-state index in [2.05, 4.69) is 43.4 Å². The first-order valence-electron chi connectivity index (χ1n) is 10.5. The van der Waals surface area contributed by atoms with Gasteiger partial charge >= 0.3 is 0 Å². The fraction of sp³-hybridized carbons (Fsp3) is 0.360. The number of rotatable bonds is 1. The normalized spacial score (nSPS) is 20.2. The van der Waals surface area contributed by atoms with Gasteiger partial charge in [0.1, 0.15) is 0 Å². The van der Waals surface area contributed by atoms with E-state index < -0.39 is 0 Å². The number of nitrogen functional groups attached to an aromatic ring is 1. The maximum absolute atomic E-state index is 12.0. The van der Waals surface area contributed by atoms with Gasteiger partial charge in [0.2, 0.25) is 5.91 Å². The van der Waals surface area contributed by atoms with Gasteiger partial charge in [0, 0.05) is 30.9 Å². The lowest BCUT2D eigenvalue weighted by Crippen LogP contribution is -2.45. The van der Waals surface area contributed by atoms with Crippen LogP contribution in [0.3, 0.4) is 0 Å². The molecule has 0 saturated carbocycles. The Balaban J connectivity index is 0.000000239. The third-order valence-corrected chi connectivity index (χ3v) is 5.93. The van der Waals surface area contributed by atoms with Crippen molar-refractivity contribution < 1.29 is 4.79 Å². The number of fused-ring (bicyclic) bond motifs is 1. The van der Waals surface area contributed by atoms with Crippen molar-refractivity contribution in [2.45, 2.75) is 39.7 Å². The number of anilines is 2. The van der Waals surface area contributed by atoms with E-state index in [9.17, 15) is 4.79 Å². The number of nitrogens with one attached hydrogen (secondary N) is 1. The van der Waals surface area contributed by atoms with Gasteiger partial charge in [0.05, 0.1) is 11.6 Å². The summed E-state index contributed by atoms with van der Waals surface area (Å²) < 4.78 is 0. The lowest BCUT2D eigenvalue weighted by atomic mass is 9.85. The molecule has 156 valence electrons. The van der Waals surface area contributed by atoms with Crippen LogP contribution in [0.25, 0.3) is 5.57 Å². The lowest BCUT2D eigenvalue weighted by molar-refractivity contribution is -0.117. The molecule has 5 heteroatoms. The van der Waals surface area contributed by atoms with E-state index in [1.54, 1.807) is 31.2 Å². The maximum Gasteiger partial charge on any atom is 0.224 e. The van der Waals surface area contributed by atoms with Crippen LogP contribution in [0, 0.1) is 17.2 Å². The highest BCUT2D eigenvalue weighted by Crippen LogP contribution is 2.36. The predicted octanol–water partition coefficient (Wildman–Crippen LogP) is 4.14. The molecule has 2 aromatic rings. The lowest BCUT2D eigenvalue weighted by Gasteiger charge is -2.39. The minimum atomic E-state index is 0.143. The number of carbonyl (C=O) groups excluding carboxylic acids is 1. The van der Waals surface area contributed by atoms with Gasteiger partial charge < -0.3 is 16.0 Å². The van der Waals surface area contributed by atoms with Crippen molar-refractivity contribution in [1.29, 1.82) is 5.26 Å². The van der Waals surface area contributed by atoms with E-state index in [0.717, 1.165) is 31.6 Å². The van der Waals surface area contributed by atoms with Crippen molar-refractivity contribution in [2.75, 3.05) is 23.7 Å². The van der Waals surface area contributed by atoms with Gasteiger partial charge in [0.25, 0.3) is 0 Å². The van der Waals surface area contributed by atoms with Gasteiger partial charge in [-0.05, 0) is 85.3 Å². The van der Waals surface area contributed by atoms with Gasteiger partial charge in [-0.25, -0.2) is 0 Å². The number of nitrogens with two attached hydrogens (primary N) is 1. The molecule has 1 amide bonds. The number of amides is 1. The summed E-state index contributed by atoms with van der Waals surface area (Å²) in [4.78, 5) is 14.0. The highest BCUT2D eigenvalue weighted by Gasteiger charge is 2.31. The van der Waals surface area contributed by atoms with E-state index in [4.69, 9.17) is 11.0 Å². The molecule has 0 aromatic heterocycles. The molecule has 2 aliphatic heterocycles. The van der Waals surface area contributed by atoms with Crippen molar-refractivity contribution in [2.24, 2.45) is 5.92 Å². The molecule has 4 rings (SSSR count). The fourth-order valence-corrected chi connectivity index (χ4v) is 4.07. The largest absolute Gasteiger partial charge is 0.399 e. The standard InChI is InChI=1S/C18H24N2O.C7H6N2/c1-12-10-17-11-16(15-6-8-19-9-7-15)4-5-18(17)20(13(12)2)14(3)21;8-5-6-1-3-7(9)4-2-6/h4-6,11-13,19H,7-10H2,1-3H3;1-4H,9H2/t12-,13+;/m1./s1. The van der Waals surface area contributed by atoms with E-state index in [1.807, 2.05) is 11.0 Å². The smallest absolute Gasteiger partial charge is 0.224 e. The average molecular weight is 403 g/mol. The maximum atomic E-state index is 12.0. The summed E-state index contributed by atoms with van der Waals surface area (Å²) in [5.74, 6) is 0.641. The Morgan fingerprint density at radius 1 is 1.20 bits per heavy atom. The number of carbonyl (C=O) groups is 1. The number of benzene rings is 2. The Labute approximate surface area is 179 Å². The van der Waals surface area contributed by atoms with Crippen LogP contribution >= 0.6 is 0 Å². The second-order valence-electron chi connectivity index (χ2n) is 8.07. The monoisotopic (exact) mass is 402 g/mol. The summed E-state index contributed by atoms with van der Waals surface area (Å²) in [5, 5.41) is 11.7. The molecular formula is C25H30N4O. The van der Waals surface area contributed by atoms with Crippen LogP contribution < -0.4 is 16.0 Å². The molecule has 0 unspecified atom stereocenters. The van der Waals surface area contributed by atoms with Crippen LogP contribution in [0.15, 0.2) is 48.5 Å². The van der Waals surface area contributed by atoms with Gasteiger partial charge in [-0.3, -0.25) is 4.79 Å². The zero-order valence-electron chi connectivity index (χ0n) is 18.0. The zero-order valence-corrected chi connectivity index (χ0v) is 18.0. The molecule has 2 aromatic carbocycles. The summed E-state index contributed by atoms with van der Waals surface area (Å²) in [6, 6.07) is 15.7. The number of nitrogens with zero attached hydrogens (tertiary/aromatic N) is 2. The molecule has 0 bridgehead atoms. The van der Waals surface area contributed by atoms with E-state index in [1.165, 1.54) is 16.7 Å². The van der Waals surface area contributed by atoms with E-state index in [0.29, 0.717) is 17.2 Å². The average Bonchev–Trinajstić information content (AvgIpc) is 2.75. The van der Waals surface area contributed by atoms with E-state index >= 15 is 0 Å². The minimum Gasteiger partial charge on any atom is -0.399 e.